The van der Waals surface area contributed by atoms with Gasteiger partial charge in [0, 0.05) is 45.0 Å². The van der Waals surface area contributed by atoms with Crippen LogP contribution in [0.5, 0.6) is 0 Å². The molecule has 1 aromatic carbocycles. The van der Waals surface area contributed by atoms with Crippen LogP contribution in [0.1, 0.15) is 35.1 Å². The number of benzene rings is 1. The van der Waals surface area contributed by atoms with Crippen molar-refractivity contribution in [2.24, 2.45) is 0 Å². The molecule has 0 bridgehead atoms. The number of H-pyrrole nitrogens is 1. The van der Waals surface area contributed by atoms with Crippen molar-refractivity contribution in [1.29, 1.82) is 0 Å². The molecule has 0 aliphatic carbocycles. The summed E-state index contributed by atoms with van der Waals surface area (Å²) >= 11 is 0. The quantitative estimate of drug-likeness (QED) is 0.789. The number of imidazole rings is 1. The molecule has 0 saturated carbocycles. The van der Waals surface area contributed by atoms with Gasteiger partial charge in [0.25, 0.3) is 5.91 Å². The Bertz CT molecular complexity index is 900. The fourth-order valence-electron chi connectivity index (χ4n) is 3.56. The molecule has 2 aromatic heterocycles. The monoisotopic (exact) mass is 349 g/mol. The standard InChI is InChI=1S/C20H23N5O/c1-24(2)20(26)18-12-15(9-10-21-18)25-11-5-6-14(13-25)19-22-16-7-3-4-8-17(16)23-19/h3-4,7-10,12,14H,5-6,11,13H2,1-2H3,(H,22,23). The average Bonchev–Trinajstić information content (AvgIpc) is 3.12. The van der Waals surface area contributed by atoms with Gasteiger partial charge in [0.15, 0.2) is 0 Å². The Labute approximate surface area is 152 Å². The molecule has 134 valence electrons. The van der Waals surface area contributed by atoms with E-state index in [0.717, 1.165) is 48.5 Å². The molecule has 1 unspecified atom stereocenters. The summed E-state index contributed by atoms with van der Waals surface area (Å²) in [5.41, 5.74) is 3.63. The van der Waals surface area contributed by atoms with Gasteiger partial charge in [-0.25, -0.2) is 4.98 Å². The number of para-hydroxylation sites is 2. The van der Waals surface area contributed by atoms with Gasteiger partial charge in [-0.2, -0.15) is 0 Å². The molecular formula is C20H23N5O. The number of piperidine rings is 1. The molecule has 1 aliphatic rings. The van der Waals surface area contributed by atoms with E-state index >= 15 is 0 Å². The summed E-state index contributed by atoms with van der Waals surface area (Å²) in [6, 6.07) is 12.0. The molecule has 6 heteroatoms. The van der Waals surface area contributed by atoms with Crippen molar-refractivity contribution >= 4 is 22.6 Å². The number of carbonyl (C=O) groups excluding carboxylic acids is 1. The molecule has 1 amide bonds. The van der Waals surface area contributed by atoms with Gasteiger partial charge < -0.3 is 14.8 Å². The number of aromatic nitrogens is 3. The van der Waals surface area contributed by atoms with Crippen LogP contribution in [0.3, 0.4) is 0 Å². The topological polar surface area (TPSA) is 65.1 Å². The van der Waals surface area contributed by atoms with Crippen LogP contribution in [0.25, 0.3) is 11.0 Å². The molecule has 26 heavy (non-hydrogen) atoms. The maximum absolute atomic E-state index is 12.2. The molecule has 1 fully saturated rings. The van der Waals surface area contributed by atoms with Gasteiger partial charge >= 0.3 is 0 Å². The molecule has 1 aliphatic heterocycles. The molecule has 3 aromatic rings. The predicted octanol–water partition coefficient (Wildman–Crippen LogP) is 3.04. The van der Waals surface area contributed by atoms with E-state index in [1.165, 1.54) is 0 Å². The molecule has 4 rings (SSSR count). The van der Waals surface area contributed by atoms with Crippen molar-refractivity contribution in [3.8, 4) is 0 Å². The highest BCUT2D eigenvalue weighted by molar-refractivity contribution is 5.92. The molecule has 1 saturated heterocycles. The van der Waals surface area contributed by atoms with Gasteiger partial charge in [0.2, 0.25) is 0 Å². The lowest BCUT2D eigenvalue weighted by atomic mass is 9.97. The highest BCUT2D eigenvalue weighted by Gasteiger charge is 2.24. The number of nitrogens with one attached hydrogen (secondary N) is 1. The van der Waals surface area contributed by atoms with E-state index in [1.807, 2.05) is 30.3 Å². The first kappa shape index (κ1) is 16.6. The van der Waals surface area contributed by atoms with Gasteiger partial charge in [-0.3, -0.25) is 9.78 Å². The lowest BCUT2D eigenvalue weighted by Crippen LogP contribution is -2.35. The number of nitrogens with zero attached hydrogens (tertiary/aromatic N) is 4. The summed E-state index contributed by atoms with van der Waals surface area (Å²) < 4.78 is 0. The number of hydrogen-bond donors (Lipinski definition) is 1. The van der Waals surface area contributed by atoms with E-state index < -0.39 is 0 Å². The molecule has 0 spiro atoms. The fourth-order valence-corrected chi connectivity index (χ4v) is 3.56. The van der Waals surface area contributed by atoms with Crippen molar-refractivity contribution in [2.75, 3.05) is 32.1 Å². The number of rotatable bonds is 3. The normalized spacial score (nSPS) is 17.5. The Morgan fingerprint density at radius 3 is 2.92 bits per heavy atom. The van der Waals surface area contributed by atoms with Crippen molar-refractivity contribution in [1.82, 2.24) is 19.9 Å². The van der Waals surface area contributed by atoms with Crippen LogP contribution in [-0.4, -0.2) is 52.9 Å². The van der Waals surface area contributed by atoms with Gasteiger partial charge in [0.1, 0.15) is 11.5 Å². The van der Waals surface area contributed by atoms with Crippen LogP contribution in [-0.2, 0) is 0 Å². The largest absolute Gasteiger partial charge is 0.371 e. The first-order valence-electron chi connectivity index (χ1n) is 8.99. The second-order valence-electron chi connectivity index (χ2n) is 7.02. The van der Waals surface area contributed by atoms with E-state index in [4.69, 9.17) is 4.98 Å². The van der Waals surface area contributed by atoms with E-state index in [0.29, 0.717) is 11.6 Å². The summed E-state index contributed by atoms with van der Waals surface area (Å²) in [5, 5.41) is 0. The van der Waals surface area contributed by atoms with E-state index in [9.17, 15) is 4.79 Å². The third-order valence-electron chi connectivity index (χ3n) is 4.95. The summed E-state index contributed by atoms with van der Waals surface area (Å²) in [6.45, 7) is 1.87. The van der Waals surface area contributed by atoms with Gasteiger partial charge in [-0.05, 0) is 37.1 Å². The number of hydrogen-bond acceptors (Lipinski definition) is 4. The lowest BCUT2D eigenvalue weighted by Gasteiger charge is -2.33. The zero-order chi connectivity index (χ0) is 18.1. The van der Waals surface area contributed by atoms with Crippen LogP contribution in [0, 0.1) is 0 Å². The Balaban J connectivity index is 1.57. The highest BCUT2D eigenvalue weighted by atomic mass is 16.2. The number of anilines is 1. The van der Waals surface area contributed by atoms with Gasteiger partial charge in [0.05, 0.1) is 11.0 Å². The third-order valence-corrected chi connectivity index (χ3v) is 4.95. The summed E-state index contributed by atoms with van der Waals surface area (Å²) in [5.74, 6) is 1.34. The first-order valence-corrected chi connectivity index (χ1v) is 8.99. The summed E-state index contributed by atoms with van der Waals surface area (Å²) in [4.78, 5) is 28.6. The maximum Gasteiger partial charge on any atom is 0.272 e. The highest BCUT2D eigenvalue weighted by Crippen LogP contribution is 2.29. The predicted molar refractivity (Wildman–Crippen MR) is 103 cm³/mol. The summed E-state index contributed by atoms with van der Waals surface area (Å²) in [7, 11) is 3.49. The minimum atomic E-state index is -0.0716. The molecule has 6 nitrogen and oxygen atoms in total. The van der Waals surface area contributed by atoms with Crippen LogP contribution in [0.2, 0.25) is 0 Å². The molecule has 3 heterocycles. The van der Waals surface area contributed by atoms with Crippen LogP contribution < -0.4 is 4.90 Å². The van der Waals surface area contributed by atoms with Crippen molar-refractivity contribution in [3.63, 3.8) is 0 Å². The zero-order valence-corrected chi connectivity index (χ0v) is 15.1. The SMILES string of the molecule is CN(C)C(=O)c1cc(N2CCCC(c3nc4ccccc4[nH]3)C2)ccn1. The Hall–Kier alpha value is -2.89. The fraction of sp³-hybridized carbons (Fsp3) is 0.350. The number of carbonyl (C=O) groups is 1. The minimum absolute atomic E-state index is 0.0716. The zero-order valence-electron chi connectivity index (χ0n) is 15.1. The van der Waals surface area contributed by atoms with E-state index in [-0.39, 0.29) is 5.91 Å². The second-order valence-corrected chi connectivity index (χ2v) is 7.02. The van der Waals surface area contributed by atoms with Crippen molar-refractivity contribution < 1.29 is 4.79 Å². The van der Waals surface area contributed by atoms with E-state index in [2.05, 4.69) is 20.9 Å². The average molecular weight is 349 g/mol. The number of pyridine rings is 1. The lowest BCUT2D eigenvalue weighted by molar-refractivity contribution is 0.0822. The van der Waals surface area contributed by atoms with Crippen molar-refractivity contribution in [2.45, 2.75) is 18.8 Å². The van der Waals surface area contributed by atoms with E-state index in [1.54, 1.807) is 25.2 Å². The molecular weight excluding hydrogens is 326 g/mol. The van der Waals surface area contributed by atoms with Gasteiger partial charge in [-0.1, -0.05) is 12.1 Å². The van der Waals surface area contributed by atoms with Crippen LogP contribution >= 0.6 is 0 Å². The number of aromatic amines is 1. The smallest absolute Gasteiger partial charge is 0.272 e. The van der Waals surface area contributed by atoms with Gasteiger partial charge in [-0.15, -0.1) is 0 Å². The summed E-state index contributed by atoms with van der Waals surface area (Å²) in [6.07, 6.45) is 3.93. The van der Waals surface area contributed by atoms with Crippen molar-refractivity contribution in [3.05, 3.63) is 54.1 Å². The Morgan fingerprint density at radius 2 is 2.12 bits per heavy atom. The molecule has 1 N–H and O–H groups in total. The maximum atomic E-state index is 12.2. The minimum Gasteiger partial charge on any atom is -0.371 e. The third kappa shape index (κ3) is 3.14. The Kier molecular flexibility index (Phi) is 4.32. The van der Waals surface area contributed by atoms with Crippen LogP contribution in [0.15, 0.2) is 42.6 Å². The number of amides is 1. The second kappa shape index (κ2) is 6.78. The molecule has 1 atom stereocenters. The Morgan fingerprint density at radius 1 is 1.27 bits per heavy atom. The molecule has 0 radical (unpaired) electrons. The van der Waals surface area contributed by atoms with Crippen LogP contribution in [0.4, 0.5) is 5.69 Å². The number of fused-ring (bicyclic) bond motifs is 1. The first-order chi connectivity index (χ1) is 12.6.